The van der Waals surface area contributed by atoms with Gasteiger partial charge in [-0.3, -0.25) is 9.59 Å². The summed E-state index contributed by atoms with van der Waals surface area (Å²) in [5.41, 5.74) is 1.47. The van der Waals surface area contributed by atoms with E-state index in [1.54, 1.807) is 31.2 Å². The maximum Gasteiger partial charge on any atom is 0.341 e. The number of anilines is 1. The first kappa shape index (κ1) is 21.3. The Labute approximate surface area is 188 Å². The quantitative estimate of drug-likeness (QED) is 0.504. The zero-order valence-corrected chi connectivity index (χ0v) is 18.6. The Kier molecular flexibility index (Phi) is 6.53. The third-order valence-electron chi connectivity index (χ3n) is 4.94. The van der Waals surface area contributed by atoms with Crippen LogP contribution in [-0.4, -0.2) is 29.5 Å². The van der Waals surface area contributed by atoms with E-state index in [1.165, 1.54) is 23.1 Å². The van der Waals surface area contributed by atoms with Gasteiger partial charge in [0.15, 0.2) is 5.78 Å². The molecule has 1 atom stereocenters. The molecule has 0 spiro atoms. The Morgan fingerprint density at radius 2 is 1.77 bits per heavy atom. The normalized spacial score (nSPS) is 15.3. The van der Waals surface area contributed by atoms with E-state index in [2.05, 4.69) is 5.32 Å². The highest BCUT2D eigenvalue weighted by Crippen LogP contribution is 2.42. The molecule has 0 unspecified atom stereocenters. The highest BCUT2D eigenvalue weighted by Gasteiger charge is 2.36. The zero-order chi connectivity index (χ0) is 21.8. The maximum absolute atomic E-state index is 13.2. The lowest BCUT2D eigenvalue weighted by Gasteiger charge is -2.20. The number of thioether (sulfide) groups is 1. The smallest absolute Gasteiger partial charge is 0.341 e. The topological polar surface area (TPSA) is 72.5 Å². The number of rotatable bonds is 6. The summed E-state index contributed by atoms with van der Waals surface area (Å²) >= 11 is 2.70. The van der Waals surface area contributed by atoms with Crippen molar-refractivity contribution in [3.05, 3.63) is 82.2 Å². The molecule has 0 radical (unpaired) electrons. The molecule has 31 heavy (non-hydrogen) atoms. The number of esters is 1. The van der Waals surface area contributed by atoms with E-state index in [0.717, 1.165) is 4.90 Å². The number of fused-ring (bicyclic) bond motifs is 1. The van der Waals surface area contributed by atoms with Crippen LogP contribution < -0.4 is 5.32 Å². The number of thiophene rings is 1. The predicted molar refractivity (Wildman–Crippen MR) is 123 cm³/mol. The SMILES string of the molecule is CCOC(=O)c1c(NC(=O)c2ccccc2)sc2c1CC[C@H](Sc1ccccc1)C2=O. The Hall–Kier alpha value is -2.90. The predicted octanol–water partition coefficient (Wildman–Crippen LogP) is 5.47. The zero-order valence-electron chi connectivity index (χ0n) is 16.9. The molecule has 2 aromatic carbocycles. The van der Waals surface area contributed by atoms with Crippen LogP contribution in [0.15, 0.2) is 65.6 Å². The number of hydrogen-bond donors (Lipinski definition) is 1. The second-order valence-electron chi connectivity index (χ2n) is 6.98. The van der Waals surface area contributed by atoms with Gasteiger partial charge in [-0.05, 0) is 49.6 Å². The first-order chi connectivity index (χ1) is 15.1. The van der Waals surface area contributed by atoms with Crippen LogP contribution in [0.4, 0.5) is 5.00 Å². The van der Waals surface area contributed by atoms with Crippen molar-refractivity contribution in [2.75, 3.05) is 11.9 Å². The third-order valence-corrected chi connectivity index (χ3v) is 7.38. The van der Waals surface area contributed by atoms with E-state index in [-0.39, 0.29) is 23.5 Å². The van der Waals surface area contributed by atoms with E-state index in [9.17, 15) is 14.4 Å². The van der Waals surface area contributed by atoms with Gasteiger partial charge < -0.3 is 10.1 Å². The summed E-state index contributed by atoms with van der Waals surface area (Å²) < 4.78 is 5.24. The van der Waals surface area contributed by atoms with Crippen LogP contribution >= 0.6 is 23.1 Å². The van der Waals surface area contributed by atoms with Crippen LogP contribution in [0.3, 0.4) is 0 Å². The van der Waals surface area contributed by atoms with Crippen LogP contribution in [0.25, 0.3) is 0 Å². The second-order valence-corrected chi connectivity index (χ2v) is 9.27. The van der Waals surface area contributed by atoms with Crippen LogP contribution in [0, 0.1) is 0 Å². The number of Topliss-reactive ketones (excluding diaryl/α,β-unsaturated/α-hetero) is 1. The largest absolute Gasteiger partial charge is 0.462 e. The van der Waals surface area contributed by atoms with Crippen LogP contribution in [0.1, 0.15) is 49.3 Å². The number of amides is 1. The van der Waals surface area contributed by atoms with Gasteiger partial charge in [-0.25, -0.2) is 4.79 Å². The Morgan fingerprint density at radius 1 is 1.10 bits per heavy atom. The lowest BCUT2D eigenvalue weighted by atomic mass is 9.94. The van der Waals surface area contributed by atoms with Crippen molar-refractivity contribution in [1.82, 2.24) is 0 Å². The molecule has 1 aliphatic rings. The first-order valence-electron chi connectivity index (χ1n) is 10.0. The van der Waals surface area contributed by atoms with Crippen molar-refractivity contribution < 1.29 is 19.1 Å². The summed E-state index contributed by atoms with van der Waals surface area (Å²) in [5.74, 6) is -0.844. The van der Waals surface area contributed by atoms with E-state index in [4.69, 9.17) is 4.74 Å². The van der Waals surface area contributed by atoms with E-state index in [0.29, 0.717) is 39.4 Å². The molecule has 0 bridgehead atoms. The third kappa shape index (κ3) is 4.57. The van der Waals surface area contributed by atoms with Gasteiger partial charge in [-0.2, -0.15) is 0 Å². The molecule has 5 nitrogen and oxygen atoms in total. The van der Waals surface area contributed by atoms with Crippen molar-refractivity contribution in [2.45, 2.75) is 29.9 Å². The summed E-state index contributed by atoms with van der Waals surface area (Å²) in [6.45, 7) is 1.95. The highest BCUT2D eigenvalue weighted by atomic mass is 32.2. The van der Waals surface area contributed by atoms with E-state index < -0.39 is 5.97 Å². The number of hydrogen-bond acceptors (Lipinski definition) is 6. The minimum Gasteiger partial charge on any atom is -0.462 e. The van der Waals surface area contributed by atoms with E-state index in [1.807, 2.05) is 36.4 Å². The molecule has 1 aliphatic carbocycles. The van der Waals surface area contributed by atoms with Crippen LogP contribution in [-0.2, 0) is 11.2 Å². The number of carbonyl (C=O) groups is 3. The van der Waals surface area contributed by atoms with Gasteiger partial charge >= 0.3 is 5.97 Å². The molecule has 7 heteroatoms. The van der Waals surface area contributed by atoms with Gasteiger partial charge in [0.2, 0.25) is 0 Å². The average molecular weight is 452 g/mol. The second kappa shape index (κ2) is 9.49. The summed E-state index contributed by atoms with van der Waals surface area (Å²) in [5, 5.41) is 2.98. The summed E-state index contributed by atoms with van der Waals surface area (Å²) in [6.07, 6.45) is 1.21. The molecule has 1 N–H and O–H groups in total. The molecule has 0 saturated heterocycles. The van der Waals surface area contributed by atoms with Crippen molar-refractivity contribution in [3.8, 4) is 0 Å². The lowest BCUT2D eigenvalue weighted by molar-refractivity contribution is 0.0527. The number of ketones is 1. The number of benzene rings is 2. The van der Waals surface area contributed by atoms with Crippen molar-refractivity contribution in [1.29, 1.82) is 0 Å². The first-order valence-corrected chi connectivity index (χ1v) is 11.7. The number of nitrogens with one attached hydrogen (secondary N) is 1. The van der Waals surface area contributed by atoms with Crippen molar-refractivity contribution in [2.24, 2.45) is 0 Å². The molecule has 1 aromatic heterocycles. The van der Waals surface area contributed by atoms with Crippen LogP contribution in [0.2, 0.25) is 0 Å². The van der Waals surface area contributed by atoms with E-state index >= 15 is 0 Å². The van der Waals surface area contributed by atoms with Gasteiger partial charge in [0.05, 0.1) is 22.3 Å². The van der Waals surface area contributed by atoms with Crippen molar-refractivity contribution >= 4 is 45.8 Å². The highest BCUT2D eigenvalue weighted by molar-refractivity contribution is 8.00. The van der Waals surface area contributed by atoms with Gasteiger partial charge in [0.1, 0.15) is 5.00 Å². The van der Waals surface area contributed by atoms with Crippen LogP contribution in [0.5, 0.6) is 0 Å². The van der Waals surface area contributed by atoms with Gasteiger partial charge in [0.25, 0.3) is 5.91 Å². The minimum absolute atomic E-state index is 0.00846. The molecule has 0 saturated carbocycles. The molecular weight excluding hydrogens is 430 g/mol. The standard InChI is InChI=1S/C24H21NO4S2/c1-2-29-24(28)19-17-13-14-18(30-16-11-7-4-8-12-16)20(26)21(17)31-23(19)25-22(27)15-9-5-3-6-10-15/h3-12,18H,2,13-14H2,1H3,(H,25,27)/t18-/m0/s1. The maximum atomic E-state index is 13.2. The Morgan fingerprint density at radius 3 is 2.45 bits per heavy atom. The monoisotopic (exact) mass is 451 g/mol. The summed E-state index contributed by atoms with van der Waals surface area (Å²) in [7, 11) is 0. The summed E-state index contributed by atoms with van der Waals surface area (Å²) in [4.78, 5) is 40.2. The molecule has 0 fully saturated rings. The number of carbonyl (C=O) groups excluding carboxylic acids is 3. The molecule has 0 aliphatic heterocycles. The molecule has 158 valence electrons. The summed E-state index contributed by atoms with van der Waals surface area (Å²) in [6, 6.07) is 18.6. The molecular formula is C24H21NO4S2. The molecule has 1 heterocycles. The molecule has 4 rings (SSSR count). The van der Waals surface area contributed by atoms with Gasteiger partial charge in [0, 0.05) is 10.5 Å². The fourth-order valence-electron chi connectivity index (χ4n) is 3.50. The fourth-order valence-corrected chi connectivity index (χ4v) is 5.91. The van der Waals surface area contributed by atoms with Gasteiger partial charge in [-0.1, -0.05) is 36.4 Å². The molecule has 3 aromatic rings. The number of ether oxygens (including phenoxy) is 1. The minimum atomic E-state index is -0.509. The Bertz CT molecular complexity index is 1110. The fraction of sp³-hybridized carbons (Fsp3) is 0.208. The van der Waals surface area contributed by atoms with Crippen molar-refractivity contribution in [3.63, 3.8) is 0 Å². The average Bonchev–Trinajstić information content (AvgIpc) is 3.16. The molecule has 1 amide bonds. The van der Waals surface area contributed by atoms with Gasteiger partial charge in [-0.15, -0.1) is 23.1 Å². The Balaban J connectivity index is 1.65. The lowest BCUT2D eigenvalue weighted by Crippen LogP contribution is -2.24.